The van der Waals surface area contributed by atoms with E-state index in [4.69, 9.17) is 0 Å². The van der Waals surface area contributed by atoms with Gasteiger partial charge < -0.3 is 4.90 Å². The van der Waals surface area contributed by atoms with Crippen LogP contribution < -0.4 is 0 Å². The number of hydrogen-bond donors (Lipinski definition) is 0. The fourth-order valence-corrected chi connectivity index (χ4v) is 4.41. The van der Waals surface area contributed by atoms with Gasteiger partial charge in [0.25, 0.3) is 0 Å². The first kappa shape index (κ1) is 17.5. The zero-order chi connectivity index (χ0) is 17.1. The van der Waals surface area contributed by atoms with Crippen LogP contribution in [-0.4, -0.2) is 41.9 Å². The summed E-state index contributed by atoms with van der Waals surface area (Å²) in [5.41, 5.74) is 3.06. The molecule has 132 valence electrons. The number of fused-ring (bicyclic) bond motifs is 1. The van der Waals surface area contributed by atoms with Crippen molar-refractivity contribution in [2.24, 2.45) is 5.92 Å². The second-order valence-corrected chi connectivity index (χ2v) is 7.98. The largest absolute Gasteiger partial charge is 0.343 e. The van der Waals surface area contributed by atoms with E-state index < -0.39 is 0 Å². The van der Waals surface area contributed by atoms with Gasteiger partial charge in [-0.3, -0.25) is 9.69 Å². The van der Waals surface area contributed by atoms with E-state index in [2.05, 4.69) is 55.0 Å². The molecular formula is C21H32N2O. The molecule has 0 spiro atoms. The van der Waals surface area contributed by atoms with E-state index in [1.807, 2.05) is 0 Å². The Kier molecular flexibility index (Phi) is 5.60. The fraction of sp³-hybridized carbons (Fsp3) is 0.667. The molecular weight excluding hydrogens is 296 g/mol. The zero-order valence-electron chi connectivity index (χ0n) is 15.5. The lowest BCUT2D eigenvalue weighted by atomic mass is 9.85. The Labute approximate surface area is 147 Å². The van der Waals surface area contributed by atoms with Crippen molar-refractivity contribution in [1.82, 2.24) is 9.80 Å². The minimum atomic E-state index is 0.342. The Balaban J connectivity index is 1.60. The second-order valence-electron chi connectivity index (χ2n) is 7.98. The number of likely N-dealkylation sites (tertiary alicyclic amines) is 1. The van der Waals surface area contributed by atoms with Gasteiger partial charge >= 0.3 is 0 Å². The first-order chi connectivity index (χ1) is 11.6. The fourth-order valence-electron chi connectivity index (χ4n) is 4.41. The zero-order valence-corrected chi connectivity index (χ0v) is 15.5. The van der Waals surface area contributed by atoms with Gasteiger partial charge in [0.05, 0.1) is 0 Å². The molecule has 0 N–H and O–H groups in total. The van der Waals surface area contributed by atoms with Crippen LogP contribution in [0.15, 0.2) is 24.3 Å². The molecule has 1 atom stereocenters. The maximum absolute atomic E-state index is 12.3. The van der Waals surface area contributed by atoms with Gasteiger partial charge in [0.15, 0.2) is 0 Å². The van der Waals surface area contributed by atoms with Crippen molar-refractivity contribution in [3.8, 4) is 0 Å². The van der Waals surface area contributed by atoms with Crippen molar-refractivity contribution in [3.05, 3.63) is 35.4 Å². The maximum atomic E-state index is 12.3. The molecule has 24 heavy (non-hydrogen) atoms. The maximum Gasteiger partial charge on any atom is 0.222 e. The Morgan fingerprint density at radius 3 is 2.62 bits per heavy atom. The third-order valence-corrected chi connectivity index (χ3v) is 5.81. The van der Waals surface area contributed by atoms with Crippen LogP contribution in [0.3, 0.4) is 0 Å². The molecule has 1 aromatic rings. The van der Waals surface area contributed by atoms with E-state index in [9.17, 15) is 4.79 Å². The van der Waals surface area contributed by atoms with Crippen molar-refractivity contribution >= 4 is 5.91 Å². The van der Waals surface area contributed by atoms with Crippen LogP contribution in [0, 0.1) is 5.92 Å². The van der Waals surface area contributed by atoms with Gasteiger partial charge in [-0.1, -0.05) is 38.1 Å². The highest BCUT2D eigenvalue weighted by Crippen LogP contribution is 2.36. The molecule has 3 heteroatoms. The third-order valence-electron chi connectivity index (χ3n) is 5.81. The highest BCUT2D eigenvalue weighted by Gasteiger charge is 2.31. The van der Waals surface area contributed by atoms with Crippen LogP contribution in [0.1, 0.15) is 63.1 Å². The molecule has 1 aliphatic heterocycles. The first-order valence-electron chi connectivity index (χ1n) is 9.63. The Morgan fingerprint density at radius 2 is 1.92 bits per heavy atom. The van der Waals surface area contributed by atoms with Crippen LogP contribution in [-0.2, 0) is 11.2 Å². The summed E-state index contributed by atoms with van der Waals surface area (Å²) >= 11 is 0. The topological polar surface area (TPSA) is 23.6 Å². The number of carbonyl (C=O) groups is 1. The molecule has 0 saturated carbocycles. The summed E-state index contributed by atoms with van der Waals surface area (Å²) in [6.07, 6.45) is 6.69. The Hall–Kier alpha value is -1.35. The van der Waals surface area contributed by atoms with Crippen LogP contribution in [0.4, 0.5) is 0 Å². The predicted molar refractivity (Wildman–Crippen MR) is 98.9 cm³/mol. The number of amides is 1. The lowest BCUT2D eigenvalue weighted by molar-refractivity contribution is -0.133. The Bertz CT molecular complexity index is 561. The minimum absolute atomic E-state index is 0.342. The highest BCUT2D eigenvalue weighted by molar-refractivity contribution is 5.76. The number of nitrogens with zero attached hydrogens (tertiary/aromatic N) is 2. The van der Waals surface area contributed by atoms with E-state index in [0.717, 1.165) is 25.9 Å². The average Bonchev–Trinajstić information content (AvgIpc) is 2.60. The lowest BCUT2D eigenvalue weighted by Gasteiger charge is -2.42. The van der Waals surface area contributed by atoms with Gasteiger partial charge in [-0.25, -0.2) is 0 Å². The molecule has 1 fully saturated rings. The van der Waals surface area contributed by atoms with Crippen molar-refractivity contribution in [2.45, 2.75) is 64.5 Å². The number of rotatable bonds is 4. The van der Waals surface area contributed by atoms with Gasteiger partial charge in [-0.15, -0.1) is 0 Å². The lowest BCUT2D eigenvalue weighted by Crippen LogP contribution is -2.47. The number of aryl methyl sites for hydroxylation is 1. The number of carbonyl (C=O) groups excluding carboxylic acids is 1. The van der Waals surface area contributed by atoms with E-state index in [-0.39, 0.29) is 0 Å². The van der Waals surface area contributed by atoms with Crippen LogP contribution >= 0.6 is 0 Å². The number of benzene rings is 1. The quantitative estimate of drug-likeness (QED) is 0.833. The van der Waals surface area contributed by atoms with Gasteiger partial charge in [-0.05, 0) is 56.2 Å². The van der Waals surface area contributed by atoms with Crippen molar-refractivity contribution < 1.29 is 4.79 Å². The minimum Gasteiger partial charge on any atom is -0.343 e. The van der Waals surface area contributed by atoms with E-state index in [1.165, 1.54) is 30.4 Å². The molecule has 1 heterocycles. The Morgan fingerprint density at radius 1 is 1.21 bits per heavy atom. The van der Waals surface area contributed by atoms with Crippen molar-refractivity contribution in [3.63, 3.8) is 0 Å². The monoisotopic (exact) mass is 328 g/mol. The summed E-state index contributed by atoms with van der Waals surface area (Å²) in [6.45, 7) is 6.10. The summed E-state index contributed by atoms with van der Waals surface area (Å²) < 4.78 is 0. The molecule has 0 bridgehead atoms. The van der Waals surface area contributed by atoms with Crippen molar-refractivity contribution in [2.75, 3.05) is 20.1 Å². The summed E-state index contributed by atoms with van der Waals surface area (Å²) in [7, 11) is 2.29. The van der Waals surface area contributed by atoms with Crippen LogP contribution in [0.25, 0.3) is 0 Å². The molecule has 0 aromatic heterocycles. The first-order valence-corrected chi connectivity index (χ1v) is 9.63. The van der Waals surface area contributed by atoms with Crippen LogP contribution in [0.2, 0.25) is 0 Å². The number of hydrogen-bond acceptors (Lipinski definition) is 2. The molecule has 3 rings (SSSR count). The van der Waals surface area contributed by atoms with Crippen molar-refractivity contribution in [1.29, 1.82) is 0 Å². The summed E-state index contributed by atoms with van der Waals surface area (Å²) in [5, 5.41) is 0. The molecule has 3 nitrogen and oxygen atoms in total. The smallest absolute Gasteiger partial charge is 0.222 e. The van der Waals surface area contributed by atoms with Crippen LogP contribution in [0.5, 0.6) is 0 Å². The molecule has 1 amide bonds. The average molecular weight is 329 g/mol. The van der Waals surface area contributed by atoms with E-state index in [0.29, 0.717) is 30.3 Å². The molecule has 1 aromatic carbocycles. The standard InChI is InChI=1S/C21H32N2O/c1-16(2)15-21(24)23-13-11-18(12-14-23)22(3)20-10-6-8-17-7-4-5-9-19(17)20/h4-5,7,9,16,18,20H,6,8,10-15H2,1-3H3/t20-/m0/s1. The van der Waals surface area contributed by atoms with Gasteiger partial charge in [0.2, 0.25) is 5.91 Å². The summed E-state index contributed by atoms with van der Waals surface area (Å²) in [4.78, 5) is 16.9. The molecule has 1 saturated heterocycles. The summed E-state index contributed by atoms with van der Waals surface area (Å²) in [5.74, 6) is 0.797. The van der Waals surface area contributed by atoms with E-state index in [1.54, 1.807) is 0 Å². The number of piperidine rings is 1. The SMILES string of the molecule is CC(C)CC(=O)N1CCC(N(C)[C@H]2CCCc3ccccc32)CC1. The normalized spacial score (nSPS) is 22.0. The van der Waals surface area contributed by atoms with Gasteiger partial charge in [0, 0.05) is 31.6 Å². The van der Waals surface area contributed by atoms with Gasteiger partial charge in [0.1, 0.15) is 0 Å². The second kappa shape index (κ2) is 7.69. The predicted octanol–water partition coefficient (Wildman–Crippen LogP) is 4.03. The summed E-state index contributed by atoms with van der Waals surface area (Å²) in [6, 6.07) is 10.1. The molecule has 0 unspecified atom stereocenters. The molecule has 1 aliphatic carbocycles. The van der Waals surface area contributed by atoms with Gasteiger partial charge in [-0.2, -0.15) is 0 Å². The van der Waals surface area contributed by atoms with E-state index >= 15 is 0 Å². The highest BCUT2D eigenvalue weighted by atomic mass is 16.2. The third kappa shape index (κ3) is 3.83. The molecule has 0 radical (unpaired) electrons. The molecule has 2 aliphatic rings.